The van der Waals surface area contributed by atoms with Crippen molar-refractivity contribution in [2.45, 2.75) is 19.0 Å². The van der Waals surface area contributed by atoms with Gasteiger partial charge in [-0.15, -0.1) is 0 Å². The lowest BCUT2D eigenvalue weighted by atomic mass is 9.93. The number of carbonyl (C=O) groups excluding carboxylic acids is 2. The number of fused-ring (bicyclic) bond motifs is 1. The molecule has 3 aromatic rings. The van der Waals surface area contributed by atoms with Gasteiger partial charge in [-0.25, -0.2) is 0 Å². The molecule has 7 heteroatoms. The van der Waals surface area contributed by atoms with E-state index in [0.717, 1.165) is 11.1 Å². The summed E-state index contributed by atoms with van der Waals surface area (Å²) in [4.78, 5) is 26.4. The molecule has 4 rings (SSSR count). The molecule has 2 amide bonds. The van der Waals surface area contributed by atoms with Crippen LogP contribution < -0.4 is 15.8 Å². The van der Waals surface area contributed by atoms with Gasteiger partial charge in [-0.05, 0) is 53.9 Å². The Morgan fingerprint density at radius 3 is 2.39 bits per heavy atom. The Morgan fingerprint density at radius 2 is 1.68 bits per heavy atom. The number of nitrogens with zero attached hydrogens (tertiary/aromatic N) is 1. The van der Waals surface area contributed by atoms with Gasteiger partial charge in [-0.1, -0.05) is 48.0 Å². The molecule has 6 nitrogen and oxygen atoms in total. The molecule has 0 saturated heterocycles. The Morgan fingerprint density at radius 1 is 1.00 bits per heavy atom. The van der Waals surface area contributed by atoms with Crippen LogP contribution in [0.25, 0.3) is 0 Å². The normalized spacial score (nSPS) is 15.7. The first-order chi connectivity index (χ1) is 15.0. The minimum Gasteiger partial charge on any atom is -0.456 e. The number of hydrogen-bond donors (Lipinski definition) is 2. The van der Waals surface area contributed by atoms with Crippen LogP contribution in [0, 0.1) is 0 Å². The number of rotatable bonds is 6. The van der Waals surface area contributed by atoms with Gasteiger partial charge in [0, 0.05) is 12.2 Å². The second-order valence-electron chi connectivity index (χ2n) is 7.40. The van der Waals surface area contributed by atoms with Crippen molar-refractivity contribution in [2.24, 2.45) is 5.73 Å². The second kappa shape index (κ2) is 9.20. The molecule has 3 aromatic carbocycles. The SMILES string of the molecule is NC(=O)[C@H]1Cc2ccccc2CN1CC(=O)Nc1ccc(Oc2ccccc2Cl)cc1. The van der Waals surface area contributed by atoms with Crippen molar-refractivity contribution in [1.29, 1.82) is 0 Å². The maximum absolute atomic E-state index is 12.6. The Balaban J connectivity index is 1.39. The summed E-state index contributed by atoms with van der Waals surface area (Å²) in [6.45, 7) is 0.571. The Bertz CT molecular complexity index is 1100. The van der Waals surface area contributed by atoms with E-state index in [1.807, 2.05) is 41.3 Å². The molecule has 0 unspecified atom stereocenters. The molecule has 158 valence electrons. The fraction of sp³-hybridized carbons (Fsp3) is 0.167. The number of amides is 2. The second-order valence-corrected chi connectivity index (χ2v) is 7.81. The first kappa shape index (κ1) is 20.9. The number of ether oxygens (including phenoxy) is 1. The highest BCUT2D eigenvalue weighted by Crippen LogP contribution is 2.29. The van der Waals surface area contributed by atoms with Crippen molar-refractivity contribution in [3.8, 4) is 11.5 Å². The summed E-state index contributed by atoms with van der Waals surface area (Å²) < 4.78 is 5.76. The number of anilines is 1. The first-order valence-corrected chi connectivity index (χ1v) is 10.3. The minimum absolute atomic E-state index is 0.0693. The molecule has 0 spiro atoms. The number of carbonyl (C=O) groups is 2. The van der Waals surface area contributed by atoms with Crippen LogP contribution in [-0.4, -0.2) is 29.3 Å². The van der Waals surface area contributed by atoms with Crippen LogP contribution in [-0.2, 0) is 22.6 Å². The fourth-order valence-electron chi connectivity index (χ4n) is 3.67. The third kappa shape index (κ3) is 5.05. The Hall–Kier alpha value is -3.35. The van der Waals surface area contributed by atoms with Crippen molar-refractivity contribution in [1.82, 2.24) is 4.90 Å². The summed E-state index contributed by atoms with van der Waals surface area (Å²) >= 11 is 6.11. The van der Waals surface area contributed by atoms with E-state index in [1.54, 1.807) is 36.4 Å². The average Bonchev–Trinajstić information content (AvgIpc) is 2.76. The van der Waals surface area contributed by atoms with E-state index in [-0.39, 0.29) is 12.5 Å². The zero-order valence-electron chi connectivity index (χ0n) is 16.8. The highest BCUT2D eigenvalue weighted by molar-refractivity contribution is 6.32. The van der Waals surface area contributed by atoms with Gasteiger partial charge in [0.05, 0.1) is 17.6 Å². The molecule has 0 fully saturated rings. The van der Waals surface area contributed by atoms with Gasteiger partial charge in [-0.2, -0.15) is 0 Å². The number of nitrogens with two attached hydrogens (primary N) is 1. The van der Waals surface area contributed by atoms with Gasteiger partial charge in [0.25, 0.3) is 0 Å². The number of nitrogens with one attached hydrogen (secondary N) is 1. The lowest BCUT2D eigenvalue weighted by Crippen LogP contribution is -2.50. The molecule has 0 radical (unpaired) electrons. The number of benzene rings is 3. The van der Waals surface area contributed by atoms with E-state index in [1.165, 1.54) is 0 Å². The lowest BCUT2D eigenvalue weighted by molar-refractivity contribution is -0.125. The van der Waals surface area contributed by atoms with Crippen molar-refractivity contribution >= 4 is 29.1 Å². The molecule has 31 heavy (non-hydrogen) atoms. The van der Waals surface area contributed by atoms with Crippen molar-refractivity contribution in [2.75, 3.05) is 11.9 Å². The number of halogens is 1. The van der Waals surface area contributed by atoms with Crippen LogP contribution >= 0.6 is 11.6 Å². The van der Waals surface area contributed by atoms with Crippen molar-refractivity contribution in [3.05, 3.63) is 88.9 Å². The molecule has 0 aliphatic carbocycles. The number of hydrogen-bond acceptors (Lipinski definition) is 4. The van der Waals surface area contributed by atoms with Crippen LogP contribution in [0.4, 0.5) is 5.69 Å². The topological polar surface area (TPSA) is 84.7 Å². The zero-order chi connectivity index (χ0) is 21.8. The summed E-state index contributed by atoms with van der Waals surface area (Å²) in [5, 5.41) is 3.38. The van der Waals surface area contributed by atoms with Gasteiger partial charge >= 0.3 is 0 Å². The zero-order valence-corrected chi connectivity index (χ0v) is 17.5. The van der Waals surface area contributed by atoms with Crippen molar-refractivity contribution in [3.63, 3.8) is 0 Å². The largest absolute Gasteiger partial charge is 0.456 e. The van der Waals surface area contributed by atoms with E-state index in [2.05, 4.69) is 5.32 Å². The van der Waals surface area contributed by atoms with Crippen LogP contribution in [0.5, 0.6) is 11.5 Å². The Labute approximate surface area is 185 Å². The van der Waals surface area contributed by atoms with Gasteiger partial charge in [0.2, 0.25) is 11.8 Å². The molecule has 0 saturated carbocycles. The minimum atomic E-state index is -0.507. The summed E-state index contributed by atoms with van der Waals surface area (Å²) in [6.07, 6.45) is 0.507. The lowest BCUT2D eigenvalue weighted by Gasteiger charge is -2.34. The van der Waals surface area contributed by atoms with E-state index >= 15 is 0 Å². The molecular formula is C24H22ClN3O3. The first-order valence-electron chi connectivity index (χ1n) is 9.92. The van der Waals surface area contributed by atoms with Crippen molar-refractivity contribution < 1.29 is 14.3 Å². The third-order valence-corrected chi connectivity index (χ3v) is 5.54. The highest BCUT2D eigenvalue weighted by Gasteiger charge is 2.31. The molecular weight excluding hydrogens is 414 g/mol. The predicted octanol–water partition coefficient (Wildman–Crippen LogP) is 3.98. The van der Waals surface area contributed by atoms with Crippen LogP contribution in [0.2, 0.25) is 5.02 Å². The standard InChI is InChI=1S/C24H22ClN3O3/c25-20-7-3-4-8-22(20)31-19-11-9-18(10-12-19)27-23(29)15-28-14-17-6-2-1-5-16(17)13-21(28)24(26)30/h1-12,21H,13-15H2,(H2,26,30)(H,27,29)/t21-/m1/s1. The van der Waals surface area contributed by atoms with Gasteiger partial charge in [-0.3, -0.25) is 14.5 Å². The van der Waals surface area contributed by atoms with Gasteiger partial charge < -0.3 is 15.8 Å². The summed E-state index contributed by atoms with van der Waals surface area (Å²) in [5.41, 5.74) is 8.43. The van der Waals surface area contributed by atoms with E-state index in [4.69, 9.17) is 22.1 Å². The molecule has 3 N–H and O–H groups in total. The quantitative estimate of drug-likeness (QED) is 0.613. The molecule has 0 bridgehead atoms. The molecule has 0 aromatic heterocycles. The van der Waals surface area contributed by atoms with Crippen LogP contribution in [0.15, 0.2) is 72.8 Å². The predicted molar refractivity (Wildman–Crippen MR) is 120 cm³/mol. The molecule has 1 aliphatic heterocycles. The van der Waals surface area contributed by atoms with Gasteiger partial charge in [0.1, 0.15) is 11.5 Å². The maximum Gasteiger partial charge on any atom is 0.238 e. The molecule has 1 aliphatic rings. The third-order valence-electron chi connectivity index (χ3n) is 5.22. The Kier molecular flexibility index (Phi) is 6.21. The smallest absolute Gasteiger partial charge is 0.238 e. The summed E-state index contributed by atoms with van der Waals surface area (Å²) in [6, 6.07) is 21.6. The molecule has 1 atom stereocenters. The van der Waals surface area contributed by atoms with Crippen LogP contribution in [0.1, 0.15) is 11.1 Å². The monoisotopic (exact) mass is 435 g/mol. The molecule has 1 heterocycles. The fourth-order valence-corrected chi connectivity index (χ4v) is 3.84. The summed E-state index contributed by atoms with van der Waals surface area (Å²) in [5.74, 6) is 0.519. The summed E-state index contributed by atoms with van der Waals surface area (Å²) in [7, 11) is 0. The van der Waals surface area contributed by atoms with E-state index < -0.39 is 11.9 Å². The number of para-hydroxylation sites is 1. The van der Waals surface area contributed by atoms with Gasteiger partial charge in [0.15, 0.2) is 0 Å². The number of primary amides is 1. The van der Waals surface area contributed by atoms with E-state index in [9.17, 15) is 9.59 Å². The van der Waals surface area contributed by atoms with Crippen LogP contribution in [0.3, 0.4) is 0 Å². The average molecular weight is 436 g/mol. The highest BCUT2D eigenvalue weighted by atomic mass is 35.5. The van der Waals surface area contributed by atoms with E-state index in [0.29, 0.717) is 35.2 Å². The maximum atomic E-state index is 12.6.